The number of rotatable bonds is 1. The first-order chi connectivity index (χ1) is 11.5. The number of anilines is 1. The lowest BCUT2D eigenvalue weighted by atomic mass is 10.0. The largest absolute Gasteiger partial charge is 0.504 e. The molecule has 0 aromatic heterocycles. The lowest BCUT2D eigenvalue weighted by Crippen LogP contribution is -2.05. The van der Waals surface area contributed by atoms with E-state index >= 15 is 0 Å². The standard InChI is InChI=1S/C18H13NO4S/c20-16-9-11(12-5-1-2-6-13(12)18(16)21)10-17-14-7-3-4-8-15(14)19-24(17,22)23/h1-10,19-21H. The number of aromatic hydroxyl groups is 2. The molecule has 0 atom stereocenters. The average Bonchev–Trinajstić information content (AvgIpc) is 2.82. The van der Waals surface area contributed by atoms with Gasteiger partial charge in [-0.25, -0.2) is 8.42 Å². The molecule has 1 aliphatic heterocycles. The summed E-state index contributed by atoms with van der Waals surface area (Å²) in [5, 5.41) is 21.1. The Hall–Kier alpha value is -2.99. The van der Waals surface area contributed by atoms with Crippen LogP contribution in [0.2, 0.25) is 0 Å². The Balaban J connectivity index is 2.03. The SMILES string of the molecule is O=S1(=O)Nc2ccccc2C1=Cc1cc(O)c(O)c2ccccc12. The van der Waals surface area contributed by atoms with Gasteiger partial charge >= 0.3 is 0 Å². The summed E-state index contributed by atoms with van der Waals surface area (Å²) in [5.74, 6) is -0.516. The van der Waals surface area contributed by atoms with Crippen LogP contribution in [0.3, 0.4) is 0 Å². The van der Waals surface area contributed by atoms with E-state index in [2.05, 4.69) is 4.72 Å². The van der Waals surface area contributed by atoms with Crippen molar-refractivity contribution in [2.24, 2.45) is 0 Å². The first kappa shape index (κ1) is 14.6. The summed E-state index contributed by atoms with van der Waals surface area (Å²) in [6.07, 6.45) is 1.51. The smallest absolute Gasteiger partial charge is 0.262 e. The number of hydrogen-bond acceptors (Lipinski definition) is 4. The molecule has 3 N–H and O–H groups in total. The highest BCUT2D eigenvalue weighted by molar-refractivity contribution is 8.02. The molecule has 1 aliphatic rings. The molecular formula is C18H13NO4S. The fourth-order valence-electron chi connectivity index (χ4n) is 2.92. The molecule has 24 heavy (non-hydrogen) atoms. The van der Waals surface area contributed by atoms with Crippen molar-refractivity contribution in [2.75, 3.05) is 4.72 Å². The van der Waals surface area contributed by atoms with Gasteiger partial charge in [-0.3, -0.25) is 4.72 Å². The van der Waals surface area contributed by atoms with Gasteiger partial charge in [-0.15, -0.1) is 0 Å². The maximum absolute atomic E-state index is 12.4. The van der Waals surface area contributed by atoms with Crippen LogP contribution in [0.5, 0.6) is 11.5 Å². The molecule has 0 radical (unpaired) electrons. The summed E-state index contributed by atoms with van der Waals surface area (Å²) in [6, 6.07) is 15.3. The van der Waals surface area contributed by atoms with Crippen LogP contribution in [0, 0.1) is 0 Å². The maximum atomic E-state index is 12.4. The van der Waals surface area contributed by atoms with E-state index < -0.39 is 10.0 Å². The quantitative estimate of drug-likeness (QED) is 0.592. The number of fused-ring (bicyclic) bond motifs is 2. The molecule has 0 amide bonds. The summed E-state index contributed by atoms with van der Waals surface area (Å²) >= 11 is 0. The van der Waals surface area contributed by atoms with Crippen molar-refractivity contribution in [3.05, 3.63) is 65.7 Å². The average molecular weight is 339 g/mol. The van der Waals surface area contributed by atoms with Crippen molar-refractivity contribution in [3.8, 4) is 11.5 Å². The fraction of sp³-hybridized carbons (Fsp3) is 0. The van der Waals surface area contributed by atoms with Gasteiger partial charge in [0.05, 0.1) is 10.6 Å². The number of hydrogen-bond donors (Lipinski definition) is 3. The molecule has 0 spiro atoms. The zero-order valence-corrected chi connectivity index (χ0v) is 13.2. The van der Waals surface area contributed by atoms with Gasteiger partial charge in [0, 0.05) is 10.9 Å². The molecule has 1 heterocycles. The topological polar surface area (TPSA) is 86.6 Å². The molecule has 120 valence electrons. The van der Waals surface area contributed by atoms with Crippen LogP contribution in [0.1, 0.15) is 11.1 Å². The molecule has 0 saturated carbocycles. The van der Waals surface area contributed by atoms with E-state index in [0.29, 0.717) is 27.6 Å². The minimum atomic E-state index is -3.67. The number of nitrogens with one attached hydrogen (secondary N) is 1. The molecule has 0 unspecified atom stereocenters. The molecule has 3 aromatic carbocycles. The Morgan fingerprint density at radius 1 is 0.917 bits per heavy atom. The Labute approximate surface area is 138 Å². The van der Waals surface area contributed by atoms with Crippen molar-refractivity contribution >= 4 is 37.5 Å². The Bertz CT molecular complexity index is 1120. The second kappa shape index (κ2) is 5.01. The normalized spacial score (nSPS) is 16.9. The summed E-state index contributed by atoms with van der Waals surface area (Å²) in [7, 11) is -3.67. The summed E-state index contributed by atoms with van der Waals surface area (Å²) in [4.78, 5) is 0.133. The maximum Gasteiger partial charge on any atom is 0.262 e. The molecule has 0 saturated heterocycles. The van der Waals surface area contributed by atoms with Crippen LogP contribution in [-0.2, 0) is 10.0 Å². The second-order valence-corrected chi connectivity index (χ2v) is 7.19. The first-order valence-corrected chi connectivity index (χ1v) is 8.73. The number of benzene rings is 3. The van der Waals surface area contributed by atoms with Crippen LogP contribution >= 0.6 is 0 Å². The molecular weight excluding hydrogens is 326 g/mol. The minimum absolute atomic E-state index is 0.133. The van der Waals surface area contributed by atoms with E-state index in [1.165, 1.54) is 12.1 Å². The molecule has 6 heteroatoms. The number of phenols is 2. The van der Waals surface area contributed by atoms with Gasteiger partial charge in [0.25, 0.3) is 10.0 Å². The summed E-state index contributed by atoms with van der Waals surface area (Å²) in [6.45, 7) is 0. The van der Waals surface area contributed by atoms with Crippen molar-refractivity contribution in [2.45, 2.75) is 0 Å². The Morgan fingerprint density at radius 2 is 1.58 bits per heavy atom. The molecule has 3 aromatic rings. The number of sulfonamides is 1. The van der Waals surface area contributed by atoms with E-state index in [1.54, 1.807) is 48.5 Å². The highest BCUT2D eigenvalue weighted by atomic mass is 32.2. The Morgan fingerprint density at radius 3 is 2.38 bits per heavy atom. The van der Waals surface area contributed by atoms with Crippen LogP contribution in [0.25, 0.3) is 21.8 Å². The molecule has 4 rings (SSSR count). The van der Waals surface area contributed by atoms with Crippen LogP contribution in [0.4, 0.5) is 5.69 Å². The van der Waals surface area contributed by atoms with Crippen molar-refractivity contribution < 1.29 is 18.6 Å². The zero-order chi connectivity index (χ0) is 16.9. The lowest BCUT2D eigenvalue weighted by molar-refractivity contribution is 0.408. The summed E-state index contributed by atoms with van der Waals surface area (Å²) < 4.78 is 27.3. The third-order valence-electron chi connectivity index (χ3n) is 4.04. The van der Waals surface area contributed by atoms with Crippen LogP contribution in [0.15, 0.2) is 54.6 Å². The minimum Gasteiger partial charge on any atom is -0.504 e. The van der Waals surface area contributed by atoms with Crippen molar-refractivity contribution in [1.29, 1.82) is 0 Å². The number of para-hydroxylation sites is 1. The van der Waals surface area contributed by atoms with E-state index in [9.17, 15) is 18.6 Å². The molecule has 0 aliphatic carbocycles. The van der Waals surface area contributed by atoms with Gasteiger partial charge < -0.3 is 10.2 Å². The van der Waals surface area contributed by atoms with E-state index in [0.717, 1.165) is 0 Å². The van der Waals surface area contributed by atoms with Crippen molar-refractivity contribution in [3.63, 3.8) is 0 Å². The van der Waals surface area contributed by atoms with Gasteiger partial charge in [-0.05, 0) is 29.2 Å². The Kier molecular flexibility index (Phi) is 3.04. The number of phenolic OH excluding ortho intramolecular Hbond substituents is 2. The second-order valence-electron chi connectivity index (χ2n) is 5.54. The predicted molar refractivity (Wildman–Crippen MR) is 94.1 cm³/mol. The van der Waals surface area contributed by atoms with Crippen LogP contribution < -0.4 is 4.72 Å². The van der Waals surface area contributed by atoms with Gasteiger partial charge in [-0.1, -0.05) is 42.5 Å². The van der Waals surface area contributed by atoms with Gasteiger partial charge in [-0.2, -0.15) is 0 Å². The zero-order valence-electron chi connectivity index (χ0n) is 12.4. The van der Waals surface area contributed by atoms with Gasteiger partial charge in [0.15, 0.2) is 11.5 Å². The highest BCUT2D eigenvalue weighted by Gasteiger charge is 2.30. The first-order valence-electron chi connectivity index (χ1n) is 7.25. The van der Waals surface area contributed by atoms with Crippen LogP contribution in [-0.4, -0.2) is 18.6 Å². The van der Waals surface area contributed by atoms with Gasteiger partial charge in [0.2, 0.25) is 0 Å². The third kappa shape index (κ3) is 2.11. The van der Waals surface area contributed by atoms with E-state index in [1.807, 2.05) is 0 Å². The fourth-order valence-corrected chi connectivity index (χ4v) is 4.25. The molecule has 5 nitrogen and oxygen atoms in total. The highest BCUT2D eigenvalue weighted by Crippen LogP contribution is 2.41. The monoisotopic (exact) mass is 339 g/mol. The lowest BCUT2D eigenvalue weighted by Gasteiger charge is -2.08. The molecule has 0 fully saturated rings. The summed E-state index contributed by atoms with van der Waals surface area (Å²) in [5.41, 5.74) is 1.61. The van der Waals surface area contributed by atoms with E-state index in [-0.39, 0.29) is 16.4 Å². The molecule has 0 bridgehead atoms. The predicted octanol–water partition coefficient (Wildman–Crippen LogP) is 3.50. The van der Waals surface area contributed by atoms with Gasteiger partial charge in [0.1, 0.15) is 0 Å². The third-order valence-corrected chi connectivity index (χ3v) is 5.45. The van der Waals surface area contributed by atoms with Crippen molar-refractivity contribution in [1.82, 2.24) is 0 Å². The van der Waals surface area contributed by atoms with E-state index in [4.69, 9.17) is 0 Å².